The number of rotatable bonds is 7. The molecule has 0 spiro atoms. The molecule has 2 rings (SSSR count). The van der Waals surface area contributed by atoms with Crippen LogP contribution in [0.3, 0.4) is 0 Å². The molecule has 0 aromatic rings. The summed E-state index contributed by atoms with van der Waals surface area (Å²) in [5, 5.41) is 11.7. The van der Waals surface area contributed by atoms with Crippen molar-refractivity contribution in [2.24, 2.45) is 5.41 Å². The van der Waals surface area contributed by atoms with Gasteiger partial charge in [-0.2, -0.15) is 0 Å². The molecule has 0 amide bonds. The van der Waals surface area contributed by atoms with Gasteiger partial charge in [0.1, 0.15) is 11.7 Å². The van der Waals surface area contributed by atoms with Gasteiger partial charge in [0.15, 0.2) is 16.6 Å². The van der Waals surface area contributed by atoms with E-state index in [9.17, 15) is 5.11 Å². The quantitative estimate of drug-likeness (QED) is 0.331. The first-order chi connectivity index (χ1) is 14.6. The molecule has 2 aliphatic rings. The molecule has 1 N–H and O–H groups in total. The summed E-state index contributed by atoms with van der Waals surface area (Å²) in [7, 11) is -3.72. The third-order valence-corrected chi connectivity index (χ3v) is 17.0. The molecule has 0 aromatic heterocycles. The van der Waals surface area contributed by atoms with E-state index in [1.54, 1.807) is 0 Å². The largest absolute Gasteiger partial charge is 0.410 e. The monoisotopic (exact) mass is 474 g/mol. The summed E-state index contributed by atoms with van der Waals surface area (Å²) in [6.07, 6.45) is 3.52. The van der Waals surface area contributed by atoms with Crippen molar-refractivity contribution in [2.45, 2.75) is 129 Å². The summed E-state index contributed by atoms with van der Waals surface area (Å²) in [5.74, 6) is 13.5. The van der Waals surface area contributed by atoms with Crippen molar-refractivity contribution in [3.05, 3.63) is 11.6 Å². The molecule has 0 aromatic carbocycles. The van der Waals surface area contributed by atoms with Gasteiger partial charge in [-0.15, -0.1) is 0 Å². The van der Waals surface area contributed by atoms with Gasteiger partial charge in [-0.1, -0.05) is 65.2 Å². The summed E-state index contributed by atoms with van der Waals surface area (Å²) >= 11 is 0. The molecule has 3 nitrogen and oxygen atoms in total. The second-order valence-electron chi connectivity index (χ2n) is 11.9. The standard InChI is InChI=1S/C27H46O3Si2/c1-11-32(12-2,13-3)30-23-15-14-17-27(28)21-24(29-31(9,10)25(4,5)6)19-22(27)16-18-26(7,8)20-23/h19,23-24,28H,11-13,17,20-21H2,1-10H3. The Labute approximate surface area is 200 Å². The summed E-state index contributed by atoms with van der Waals surface area (Å²) in [6.45, 7) is 22.3. The van der Waals surface area contributed by atoms with E-state index in [1.165, 1.54) is 0 Å². The third-order valence-electron chi connectivity index (χ3n) is 7.85. The van der Waals surface area contributed by atoms with Crippen LogP contribution >= 0.6 is 0 Å². The Balaban J connectivity index is 2.33. The summed E-state index contributed by atoms with van der Waals surface area (Å²) < 4.78 is 13.4. The highest BCUT2D eigenvalue weighted by atomic mass is 28.4. The van der Waals surface area contributed by atoms with Crippen LogP contribution in [0.1, 0.15) is 74.7 Å². The molecule has 3 unspecified atom stereocenters. The van der Waals surface area contributed by atoms with E-state index in [2.05, 4.69) is 98.2 Å². The lowest BCUT2D eigenvalue weighted by molar-refractivity contribution is 0.0597. The maximum atomic E-state index is 11.6. The van der Waals surface area contributed by atoms with Gasteiger partial charge in [0.05, 0.1) is 6.10 Å². The van der Waals surface area contributed by atoms with E-state index >= 15 is 0 Å². The number of hydrogen-bond donors (Lipinski definition) is 1. The van der Waals surface area contributed by atoms with Crippen LogP contribution in [0.5, 0.6) is 0 Å². The Morgan fingerprint density at radius 3 is 2.19 bits per heavy atom. The SMILES string of the molecule is CC[Si](CC)(CC)OC1C#CCC2(O)CC(O[Si](C)(C)C(C)(C)C)C=C2C#CC(C)(C)C1. The minimum atomic E-state index is -1.95. The minimum absolute atomic E-state index is 0.108. The Morgan fingerprint density at radius 2 is 1.66 bits per heavy atom. The zero-order chi connectivity index (χ0) is 24.4. The number of fused-ring (bicyclic) bond motifs is 1. The van der Waals surface area contributed by atoms with E-state index in [4.69, 9.17) is 8.85 Å². The van der Waals surface area contributed by atoms with Crippen molar-refractivity contribution >= 4 is 16.6 Å². The van der Waals surface area contributed by atoms with Gasteiger partial charge in [0.25, 0.3) is 0 Å². The first-order valence-corrected chi connectivity index (χ1v) is 17.9. The van der Waals surface area contributed by atoms with Crippen LogP contribution in [0.15, 0.2) is 11.6 Å². The number of hydrogen-bond acceptors (Lipinski definition) is 3. The summed E-state index contributed by atoms with van der Waals surface area (Å²) in [5.41, 5.74) is -0.506. The smallest absolute Gasteiger partial charge is 0.193 e. The van der Waals surface area contributed by atoms with E-state index in [0.717, 1.165) is 30.1 Å². The topological polar surface area (TPSA) is 38.7 Å². The normalized spacial score (nSPS) is 28.0. The van der Waals surface area contributed by atoms with E-state index in [1.807, 2.05) is 0 Å². The zero-order valence-corrected chi connectivity index (χ0v) is 24.2. The predicted octanol–water partition coefficient (Wildman–Crippen LogP) is 6.66. The average Bonchev–Trinajstić information content (AvgIpc) is 2.97. The lowest BCUT2D eigenvalue weighted by Gasteiger charge is -2.38. The van der Waals surface area contributed by atoms with Crippen molar-refractivity contribution in [3.8, 4) is 23.7 Å². The molecule has 32 heavy (non-hydrogen) atoms. The van der Waals surface area contributed by atoms with Crippen molar-refractivity contribution in [1.29, 1.82) is 0 Å². The molecule has 0 heterocycles. The summed E-state index contributed by atoms with van der Waals surface area (Å²) in [4.78, 5) is 0. The van der Waals surface area contributed by atoms with Crippen molar-refractivity contribution in [3.63, 3.8) is 0 Å². The van der Waals surface area contributed by atoms with Crippen molar-refractivity contribution < 1.29 is 14.0 Å². The predicted molar refractivity (Wildman–Crippen MR) is 140 cm³/mol. The van der Waals surface area contributed by atoms with Gasteiger partial charge in [-0.3, -0.25) is 0 Å². The lowest BCUT2D eigenvalue weighted by Crippen LogP contribution is -2.44. The van der Waals surface area contributed by atoms with Crippen LogP contribution in [0, 0.1) is 29.1 Å². The molecule has 0 radical (unpaired) electrons. The number of aliphatic hydroxyl groups is 1. The molecule has 0 saturated carbocycles. The minimum Gasteiger partial charge on any atom is -0.410 e. The van der Waals surface area contributed by atoms with Crippen molar-refractivity contribution in [2.75, 3.05) is 0 Å². The zero-order valence-electron chi connectivity index (χ0n) is 22.2. The highest BCUT2D eigenvalue weighted by Crippen LogP contribution is 2.42. The highest BCUT2D eigenvalue weighted by molar-refractivity contribution is 6.74. The average molecular weight is 475 g/mol. The molecule has 0 saturated heterocycles. The molecular formula is C27H46O3Si2. The maximum Gasteiger partial charge on any atom is 0.193 e. The molecule has 180 valence electrons. The molecule has 0 fully saturated rings. The lowest BCUT2D eigenvalue weighted by atomic mass is 9.84. The first-order valence-electron chi connectivity index (χ1n) is 12.4. The Morgan fingerprint density at radius 1 is 1.06 bits per heavy atom. The van der Waals surface area contributed by atoms with Crippen LogP contribution in [0.4, 0.5) is 0 Å². The molecular weight excluding hydrogens is 428 g/mol. The Bertz CT molecular complexity index is 817. The van der Waals surface area contributed by atoms with Gasteiger partial charge in [-0.25, -0.2) is 0 Å². The first kappa shape index (κ1) is 27.4. The van der Waals surface area contributed by atoms with Crippen LogP contribution < -0.4 is 0 Å². The van der Waals surface area contributed by atoms with Gasteiger partial charge >= 0.3 is 0 Å². The van der Waals surface area contributed by atoms with Crippen LogP contribution in [-0.4, -0.2) is 39.6 Å². The molecule has 3 atom stereocenters. The van der Waals surface area contributed by atoms with E-state index in [-0.39, 0.29) is 22.7 Å². The fourth-order valence-corrected chi connectivity index (χ4v) is 8.29. The molecule has 5 heteroatoms. The van der Waals surface area contributed by atoms with Crippen LogP contribution in [0.25, 0.3) is 0 Å². The van der Waals surface area contributed by atoms with E-state index < -0.39 is 22.2 Å². The van der Waals surface area contributed by atoms with Gasteiger partial charge < -0.3 is 14.0 Å². The Hall–Kier alpha value is -0.826. The maximum absolute atomic E-state index is 11.6. The van der Waals surface area contributed by atoms with Gasteiger partial charge in [-0.05, 0) is 62.6 Å². The molecule has 0 aliphatic heterocycles. The van der Waals surface area contributed by atoms with Gasteiger partial charge in [0.2, 0.25) is 0 Å². The molecule has 2 aliphatic carbocycles. The fourth-order valence-electron chi connectivity index (χ4n) is 4.29. The second-order valence-corrected chi connectivity index (χ2v) is 21.4. The van der Waals surface area contributed by atoms with E-state index in [0.29, 0.717) is 12.8 Å². The fraction of sp³-hybridized carbons (Fsp3) is 0.778. The molecule has 0 bridgehead atoms. The third kappa shape index (κ3) is 6.40. The van der Waals surface area contributed by atoms with Crippen LogP contribution in [-0.2, 0) is 8.85 Å². The Kier molecular flexibility index (Phi) is 8.40. The summed E-state index contributed by atoms with van der Waals surface area (Å²) in [6, 6.07) is 3.31. The second kappa shape index (κ2) is 9.81. The highest BCUT2D eigenvalue weighted by Gasteiger charge is 2.45. The van der Waals surface area contributed by atoms with Crippen molar-refractivity contribution in [1.82, 2.24) is 0 Å². The van der Waals surface area contributed by atoms with Crippen LogP contribution in [0.2, 0.25) is 36.3 Å². The van der Waals surface area contributed by atoms with Gasteiger partial charge in [0, 0.05) is 23.8 Å².